The molecule has 0 aromatic heterocycles. The van der Waals surface area contributed by atoms with E-state index in [0.717, 1.165) is 19.1 Å². The Kier molecular flexibility index (Phi) is 6.46. The van der Waals surface area contributed by atoms with Crippen LogP contribution in [0.5, 0.6) is 0 Å². The molecule has 0 radical (unpaired) electrons. The summed E-state index contributed by atoms with van der Waals surface area (Å²) in [6.45, 7) is 0. The average Bonchev–Trinajstić information content (AvgIpc) is 1.89. The van der Waals surface area contributed by atoms with Gasteiger partial charge in [0.1, 0.15) is 6.29 Å². The Morgan fingerprint density at radius 2 is 2.33 bits per heavy atom. The molecule has 3 nitrogen and oxygen atoms in total. The van der Waals surface area contributed by atoms with Crippen molar-refractivity contribution in [2.24, 2.45) is 5.10 Å². The number of hydrogen-bond acceptors (Lipinski definition) is 3. The second-order valence-corrected chi connectivity index (χ2v) is 1.63. The number of nitrogens with zero attached hydrogens (tertiary/aromatic N) is 1. The van der Waals surface area contributed by atoms with Crippen LogP contribution in [-0.4, -0.2) is 19.5 Å². The molecule has 0 amide bonds. The van der Waals surface area contributed by atoms with Crippen LogP contribution in [0.3, 0.4) is 0 Å². The van der Waals surface area contributed by atoms with Gasteiger partial charge in [-0.05, 0) is 12.8 Å². The Labute approximate surface area is 55.1 Å². The van der Waals surface area contributed by atoms with Crippen LogP contribution in [0.25, 0.3) is 0 Å². The van der Waals surface area contributed by atoms with Crippen molar-refractivity contribution < 1.29 is 4.79 Å². The van der Waals surface area contributed by atoms with Crippen LogP contribution in [0, 0.1) is 0 Å². The number of rotatable bonds is 5. The van der Waals surface area contributed by atoms with E-state index in [1.54, 1.807) is 13.3 Å². The molecule has 0 rings (SSSR count). The van der Waals surface area contributed by atoms with Crippen LogP contribution in [0.1, 0.15) is 19.3 Å². The lowest BCUT2D eigenvalue weighted by atomic mass is 10.3. The molecule has 0 fully saturated rings. The summed E-state index contributed by atoms with van der Waals surface area (Å²) in [6, 6.07) is 0. The van der Waals surface area contributed by atoms with Crippen molar-refractivity contribution in [3.8, 4) is 0 Å². The minimum absolute atomic E-state index is 0.635. The highest BCUT2D eigenvalue weighted by atomic mass is 16.1. The monoisotopic (exact) mass is 128 g/mol. The fourth-order valence-corrected chi connectivity index (χ4v) is 0.448. The molecular weight excluding hydrogens is 116 g/mol. The average molecular weight is 128 g/mol. The summed E-state index contributed by atoms with van der Waals surface area (Å²) >= 11 is 0. The summed E-state index contributed by atoms with van der Waals surface area (Å²) in [6.07, 6.45) is 5.10. The first-order valence-electron chi connectivity index (χ1n) is 3.03. The fraction of sp³-hybridized carbons (Fsp3) is 0.667. The number of hydrogen-bond donors (Lipinski definition) is 1. The molecule has 0 aromatic carbocycles. The van der Waals surface area contributed by atoms with E-state index in [-0.39, 0.29) is 0 Å². The van der Waals surface area contributed by atoms with Gasteiger partial charge >= 0.3 is 0 Å². The molecule has 0 aliphatic rings. The standard InChI is InChI=1S/C6H12N2O/c1-7-8-5-3-2-4-6-9/h5-7H,2-4H2,1H3. The van der Waals surface area contributed by atoms with Crippen molar-refractivity contribution in [1.29, 1.82) is 0 Å². The Morgan fingerprint density at radius 1 is 1.56 bits per heavy atom. The maximum absolute atomic E-state index is 9.78. The van der Waals surface area contributed by atoms with Crippen molar-refractivity contribution in [2.75, 3.05) is 7.05 Å². The smallest absolute Gasteiger partial charge is 0.120 e. The molecule has 52 valence electrons. The van der Waals surface area contributed by atoms with E-state index < -0.39 is 0 Å². The maximum Gasteiger partial charge on any atom is 0.120 e. The second-order valence-electron chi connectivity index (χ2n) is 1.63. The Morgan fingerprint density at radius 3 is 2.89 bits per heavy atom. The zero-order chi connectivity index (χ0) is 6.95. The van der Waals surface area contributed by atoms with Crippen molar-refractivity contribution in [1.82, 2.24) is 5.43 Å². The van der Waals surface area contributed by atoms with Gasteiger partial charge in [-0.25, -0.2) is 0 Å². The highest BCUT2D eigenvalue weighted by Gasteiger charge is 1.80. The molecule has 0 bridgehead atoms. The second kappa shape index (κ2) is 7.14. The molecule has 3 heteroatoms. The summed E-state index contributed by atoms with van der Waals surface area (Å²) in [5.74, 6) is 0. The number of carbonyl (C=O) groups excluding carboxylic acids is 1. The lowest BCUT2D eigenvalue weighted by Crippen LogP contribution is -1.93. The summed E-state index contributed by atoms with van der Waals surface area (Å²) in [5, 5.41) is 3.75. The number of nitrogens with one attached hydrogen (secondary N) is 1. The lowest BCUT2D eigenvalue weighted by molar-refractivity contribution is -0.107. The molecule has 0 atom stereocenters. The largest absolute Gasteiger partial charge is 0.313 e. The molecule has 0 unspecified atom stereocenters. The maximum atomic E-state index is 9.78. The molecular formula is C6H12N2O. The number of hydrazone groups is 1. The van der Waals surface area contributed by atoms with Crippen LogP contribution in [0.15, 0.2) is 5.10 Å². The quantitative estimate of drug-likeness (QED) is 0.254. The van der Waals surface area contributed by atoms with Gasteiger partial charge < -0.3 is 10.2 Å². The third-order valence-corrected chi connectivity index (χ3v) is 0.876. The van der Waals surface area contributed by atoms with Crippen molar-refractivity contribution >= 4 is 12.5 Å². The van der Waals surface area contributed by atoms with E-state index in [2.05, 4.69) is 10.5 Å². The van der Waals surface area contributed by atoms with E-state index in [9.17, 15) is 4.79 Å². The van der Waals surface area contributed by atoms with Gasteiger partial charge in [0.05, 0.1) is 0 Å². The predicted molar refractivity (Wildman–Crippen MR) is 37.5 cm³/mol. The Bertz CT molecular complexity index is 91.1. The minimum Gasteiger partial charge on any atom is -0.313 e. The van der Waals surface area contributed by atoms with E-state index in [1.807, 2.05) is 0 Å². The number of aldehydes is 1. The van der Waals surface area contributed by atoms with E-state index in [0.29, 0.717) is 6.42 Å². The Balaban J connectivity index is 2.90. The van der Waals surface area contributed by atoms with Gasteiger partial charge in [0, 0.05) is 19.7 Å². The molecule has 0 spiro atoms. The van der Waals surface area contributed by atoms with Gasteiger partial charge in [0.15, 0.2) is 0 Å². The molecule has 0 saturated carbocycles. The van der Waals surface area contributed by atoms with Gasteiger partial charge in [-0.15, -0.1) is 0 Å². The first kappa shape index (κ1) is 8.14. The van der Waals surface area contributed by atoms with Gasteiger partial charge in [0.25, 0.3) is 0 Å². The number of carbonyl (C=O) groups is 1. The topological polar surface area (TPSA) is 41.5 Å². The van der Waals surface area contributed by atoms with Gasteiger partial charge in [-0.3, -0.25) is 0 Å². The Hall–Kier alpha value is -0.860. The molecule has 0 aliphatic heterocycles. The van der Waals surface area contributed by atoms with Crippen molar-refractivity contribution in [3.05, 3.63) is 0 Å². The third kappa shape index (κ3) is 7.14. The van der Waals surface area contributed by atoms with E-state index >= 15 is 0 Å². The predicted octanol–water partition coefficient (Wildman–Crippen LogP) is 0.561. The lowest BCUT2D eigenvalue weighted by Gasteiger charge is -1.86. The molecule has 0 heterocycles. The summed E-state index contributed by atoms with van der Waals surface area (Å²) < 4.78 is 0. The van der Waals surface area contributed by atoms with Crippen LogP contribution >= 0.6 is 0 Å². The molecule has 0 saturated heterocycles. The summed E-state index contributed by atoms with van der Waals surface area (Å²) in [5.41, 5.74) is 2.63. The normalized spacial score (nSPS) is 9.89. The van der Waals surface area contributed by atoms with Crippen LogP contribution < -0.4 is 5.43 Å². The first-order chi connectivity index (χ1) is 4.41. The fourth-order valence-electron chi connectivity index (χ4n) is 0.448. The SMILES string of the molecule is CNN=CCCCC=O. The summed E-state index contributed by atoms with van der Waals surface area (Å²) in [7, 11) is 1.75. The van der Waals surface area contributed by atoms with E-state index in [4.69, 9.17) is 0 Å². The molecule has 9 heavy (non-hydrogen) atoms. The van der Waals surface area contributed by atoms with Crippen LogP contribution in [0.2, 0.25) is 0 Å². The highest BCUT2D eigenvalue weighted by molar-refractivity contribution is 5.57. The third-order valence-electron chi connectivity index (χ3n) is 0.876. The van der Waals surface area contributed by atoms with Crippen LogP contribution in [-0.2, 0) is 4.79 Å². The zero-order valence-corrected chi connectivity index (χ0v) is 5.63. The zero-order valence-electron chi connectivity index (χ0n) is 5.63. The van der Waals surface area contributed by atoms with Gasteiger partial charge in [-0.2, -0.15) is 5.10 Å². The molecule has 0 aromatic rings. The molecule has 0 aliphatic carbocycles. The van der Waals surface area contributed by atoms with Gasteiger partial charge in [0.2, 0.25) is 0 Å². The van der Waals surface area contributed by atoms with E-state index in [1.165, 1.54) is 0 Å². The minimum atomic E-state index is 0.635. The van der Waals surface area contributed by atoms with Crippen molar-refractivity contribution in [3.63, 3.8) is 0 Å². The van der Waals surface area contributed by atoms with Gasteiger partial charge in [-0.1, -0.05) is 0 Å². The first-order valence-corrected chi connectivity index (χ1v) is 3.03. The highest BCUT2D eigenvalue weighted by Crippen LogP contribution is 1.87. The molecule has 1 N–H and O–H groups in total. The van der Waals surface area contributed by atoms with Crippen LogP contribution in [0.4, 0.5) is 0 Å². The number of unbranched alkanes of at least 4 members (excludes halogenated alkanes) is 2. The summed E-state index contributed by atoms with van der Waals surface area (Å²) in [4.78, 5) is 9.78. The van der Waals surface area contributed by atoms with Crippen molar-refractivity contribution in [2.45, 2.75) is 19.3 Å².